The van der Waals surface area contributed by atoms with E-state index in [2.05, 4.69) is 5.32 Å². The Labute approximate surface area is 152 Å². The molecule has 1 unspecified atom stereocenters. The van der Waals surface area contributed by atoms with Crippen LogP contribution in [0.2, 0.25) is 5.02 Å². The average molecular weight is 380 g/mol. The minimum atomic E-state index is -1.12. The van der Waals surface area contributed by atoms with Crippen LogP contribution in [0.1, 0.15) is 17.3 Å². The van der Waals surface area contributed by atoms with E-state index in [1.807, 2.05) is 0 Å². The lowest BCUT2D eigenvalue weighted by atomic mass is 10.1. The number of carbonyl (C=O) groups is 1. The number of hydrogen-bond acceptors (Lipinski definition) is 7. The van der Waals surface area contributed by atoms with E-state index in [4.69, 9.17) is 16.3 Å². The molecule has 2 aromatic rings. The molecule has 136 valence electrons. The highest BCUT2D eigenvalue weighted by molar-refractivity contribution is 6.32. The molecule has 0 saturated heterocycles. The number of nitrogens with one attached hydrogen (secondary N) is 1. The summed E-state index contributed by atoms with van der Waals surface area (Å²) >= 11 is 5.75. The van der Waals surface area contributed by atoms with Crippen LogP contribution in [-0.4, -0.2) is 28.5 Å². The van der Waals surface area contributed by atoms with Crippen LogP contribution in [0.3, 0.4) is 0 Å². The third kappa shape index (κ3) is 4.52. The van der Waals surface area contributed by atoms with Gasteiger partial charge in [0.15, 0.2) is 6.23 Å². The summed E-state index contributed by atoms with van der Waals surface area (Å²) in [6.07, 6.45) is -1.12. The van der Waals surface area contributed by atoms with Gasteiger partial charge >= 0.3 is 0 Å². The lowest BCUT2D eigenvalue weighted by molar-refractivity contribution is -0.385. The van der Waals surface area contributed by atoms with Gasteiger partial charge < -0.3 is 10.1 Å². The Kier molecular flexibility index (Phi) is 6.21. The van der Waals surface area contributed by atoms with Crippen LogP contribution in [-0.2, 0) is 4.74 Å². The molecule has 0 aliphatic heterocycles. The Balaban J connectivity index is 2.25. The molecule has 0 bridgehead atoms. The quantitative estimate of drug-likeness (QED) is 0.320. The Hall–Kier alpha value is -3.04. The number of Topliss-reactive ketones (excluding diaryl/α,β-unsaturated/α-hetero) is 1. The second-order valence-corrected chi connectivity index (χ2v) is 5.48. The highest BCUT2D eigenvalue weighted by Gasteiger charge is 2.24. The minimum absolute atomic E-state index is 0.0500. The van der Waals surface area contributed by atoms with Gasteiger partial charge in [0.1, 0.15) is 5.02 Å². The van der Waals surface area contributed by atoms with E-state index in [0.717, 1.165) is 6.07 Å². The van der Waals surface area contributed by atoms with Crippen LogP contribution in [0.25, 0.3) is 0 Å². The van der Waals surface area contributed by atoms with Crippen LogP contribution in [0.15, 0.2) is 42.5 Å². The fourth-order valence-electron chi connectivity index (χ4n) is 2.14. The maximum absolute atomic E-state index is 12.6. The number of ether oxygens (including phenoxy) is 1. The highest BCUT2D eigenvalue weighted by Crippen LogP contribution is 2.26. The van der Waals surface area contributed by atoms with Gasteiger partial charge in [-0.2, -0.15) is 0 Å². The molecule has 0 heterocycles. The molecule has 2 rings (SSSR count). The fraction of sp³-hybridized carbons (Fsp3) is 0.188. The van der Waals surface area contributed by atoms with E-state index in [1.165, 1.54) is 36.4 Å². The normalized spacial score (nSPS) is 11.6. The molecular weight excluding hydrogens is 366 g/mol. The molecule has 9 nitrogen and oxygen atoms in total. The molecule has 10 heteroatoms. The van der Waals surface area contributed by atoms with Crippen molar-refractivity contribution in [2.45, 2.75) is 13.2 Å². The van der Waals surface area contributed by atoms with Crippen LogP contribution < -0.4 is 5.32 Å². The second kappa shape index (κ2) is 8.37. The van der Waals surface area contributed by atoms with Crippen LogP contribution in [0, 0.1) is 20.2 Å². The maximum atomic E-state index is 12.6. The third-order valence-electron chi connectivity index (χ3n) is 3.37. The molecule has 2 aromatic carbocycles. The van der Waals surface area contributed by atoms with Crippen LogP contribution in [0.4, 0.5) is 17.1 Å². The van der Waals surface area contributed by atoms with E-state index in [0.29, 0.717) is 5.69 Å². The van der Waals surface area contributed by atoms with Crippen molar-refractivity contribution >= 4 is 34.4 Å². The lowest BCUT2D eigenvalue weighted by Gasteiger charge is -2.18. The van der Waals surface area contributed by atoms with Crippen molar-refractivity contribution < 1.29 is 19.4 Å². The zero-order chi connectivity index (χ0) is 19.3. The van der Waals surface area contributed by atoms with E-state index in [9.17, 15) is 25.0 Å². The predicted molar refractivity (Wildman–Crippen MR) is 94.6 cm³/mol. The van der Waals surface area contributed by atoms with Gasteiger partial charge in [-0.05, 0) is 31.2 Å². The van der Waals surface area contributed by atoms with Gasteiger partial charge in [0.2, 0.25) is 5.78 Å². The number of carbonyl (C=O) groups excluding carboxylic acids is 1. The SMILES string of the molecule is CCOC(Nc1ccc([N+](=O)[O-])cc1)C(=O)c1ccc(Cl)c([N+](=O)[O-])c1. The Morgan fingerprint density at radius 1 is 1.15 bits per heavy atom. The van der Waals surface area contributed by atoms with Crippen molar-refractivity contribution in [2.75, 3.05) is 11.9 Å². The topological polar surface area (TPSA) is 125 Å². The smallest absolute Gasteiger partial charge is 0.288 e. The van der Waals surface area contributed by atoms with E-state index < -0.39 is 21.9 Å². The highest BCUT2D eigenvalue weighted by atomic mass is 35.5. The van der Waals surface area contributed by atoms with Crippen molar-refractivity contribution in [2.24, 2.45) is 0 Å². The molecule has 0 aliphatic rings. The van der Waals surface area contributed by atoms with Crippen LogP contribution >= 0.6 is 11.6 Å². The van der Waals surface area contributed by atoms with Crippen molar-refractivity contribution in [1.82, 2.24) is 0 Å². The summed E-state index contributed by atoms with van der Waals surface area (Å²) in [5, 5.41) is 24.4. The standard InChI is InChI=1S/C16H14ClN3O6/c1-2-26-16(18-11-4-6-12(7-5-11)19(22)23)15(21)10-3-8-13(17)14(9-10)20(24)25/h3-9,16,18H,2H2,1H3. The molecule has 26 heavy (non-hydrogen) atoms. The van der Waals surface area contributed by atoms with Crippen molar-refractivity contribution in [3.8, 4) is 0 Å². The Bertz CT molecular complexity index is 840. The fourth-order valence-corrected chi connectivity index (χ4v) is 2.32. The molecule has 0 saturated carbocycles. The summed E-state index contributed by atoms with van der Waals surface area (Å²) in [4.78, 5) is 33.1. The largest absolute Gasteiger partial charge is 0.354 e. The summed E-state index contributed by atoms with van der Waals surface area (Å²) in [6.45, 7) is 1.88. The first-order chi connectivity index (χ1) is 12.3. The number of benzene rings is 2. The number of nitro groups is 2. The van der Waals surface area contributed by atoms with Gasteiger partial charge in [0, 0.05) is 36.1 Å². The van der Waals surface area contributed by atoms with Crippen LogP contribution in [0.5, 0.6) is 0 Å². The van der Waals surface area contributed by atoms with E-state index in [-0.39, 0.29) is 28.6 Å². The minimum Gasteiger partial charge on any atom is -0.354 e. The van der Waals surface area contributed by atoms with Crippen molar-refractivity contribution in [3.05, 3.63) is 73.3 Å². The van der Waals surface area contributed by atoms with Gasteiger partial charge in [-0.25, -0.2) is 0 Å². The molecule has 1 atom stereocenters. The van der Waals surface area contributed by atoms with Gasteiger partial charge in [-0.3, -0.25) is 25.0 Å². The second-order valence-electron chi connectivity index (χ2n) is 5.07. The molecule has 0 radical (unpaired) electrons. The summed E-state index contributed by atoms with van der Waals surface area (Å²) in [6, 6.07) is 9.13. The van der Waals surface area contributed by atoms with Crippen molar-refractivity contribution in [3.63, 3.8) is 0 Å². The zero-order valence-corrected chi connectivity index (χ0v) is 14.3. The monoisotopic (exact) mass is 379 g/mol. The number of nitrogens with zero attached hydrogens (tertiary/aromatic N) is 2. The first-order valence-electron chi connectivity index (χ1n) is 7.44. The number of rotatable bonds is 8. The van der Waals surface area contributed by atoms with Crippen molar-refractivity contribution in [1.29, 1.82) is 0 Å². The summed E-state index contributed by atoms with van der Waals surface area (Å²) in [7, 11) is 0. The predicted octanol–water partition coefficient (Wildman–Crippen LogP) is 3.81. The van der Waals surface area contributed by atoms with E-state index in [1.54, 1.807) is 6.92 Å². The number of non-ortho nitro benzene ring substituents is 1. The van der Waals surface area contributed by atoms with Gasteiger partial charge in [-0.15, -0.1) is 0 Å². The van der Waals surface area contributed by atoms with Gasteiger partial charge in [0.25, 0.3) is 11.4 Å². The maximum Gasteiger partial charge on any atom is 0.288 e. The molecular formula is C16H14ClN3O6. The average Bonchev–Trinajstić information content (AvgIpc) is 2.61. The number of nitro benzene ring substituents is 2. The molecule has 1 N–H and O–H groups in total. The molecule has 0 aromatic heterocycles. The number of halogens is 1. The van der Waals surface area contributed by atoms with Gasteiger partial charge in [0.05, 0.1) is 9.85 Å². The summed E-state index contributed by atoms with van der Waals surface area (Å²) < 4.78 is 5.37. The Morgan fingerprint density at radius 3 is 2.35 bits per heavy atom. The Morgan fingerprint density at radius 2 is 1.81 bits per heavy atom. The summed E-state index contributed by atoms with van der Waals surface area (Å²) in [5.74, 6) is -0.537. The third-order valence-corrected chi connectivity index (χ3v) is 3.69. The lowest BCUT2D eigenvalue weighted by Crippen LogP contribution is -2.32. The number of ketones is 1. The van der Waals surface area contributed by atoms with Gasteiger partial charge in [-0.1, -0.05) is 11.6 Å². The number of anilines is 1. The zero-order valence-electron chi connectivity index (χ0n) is 13.5. The first-order valence-corrected chi connectivity index (χ1v) is 7.82. The molecule has 0 aliphatic carbocycles. The summed E-state index contributed by atoms with van der Waals surface area (Å²) in [5.41, 5.74) is -0.00825. The molecule has 0 spiro atoms. The molecule has 0 fully saturated rings. The molecule has 0 amide bonds. The number of hydrogen-bond donors (Lipinski definition) is 1. The van der Waals surface area contributed by atoms with E-state index >= 15 is 0 Å². The first kappa shape index (κ1) is 19.3.